The lowest BCUT2D eigenvalue weighted by atomic mass is 9.92. The molecule has 106 valence electrons. The van der Waals surface area contributed by atoms with E-state index < -0.39 is 0 Å². The second-order valence-electron chi connectivity index (χ2n) is 6.00. The number of aliphatic hydroxyl groups is 1. The van der Waals surface area contributed by atoms with Gasteiger partial charge in [0.25, 0.3) is 0 Å². The quantitative estimate of drug-likeness (QED) is 0.888. The molecule has 2 aromatic rings. The van der Waals surface area contributed by atoms with Crippen molar-refractivity contribution in [2.75, 3.05) is 0 Å². The predicted octanol–water partition coefficient (Wildman–Crippen LogP) is 3.79. The van der Waals surface area contributed by atoms with Crippen LogP contribution in [-0.4, -0.2) is 17.3 Å². The van der Waals surface area contributed by atoms with Crippen LogP contribution < -0.4 is 5.32 Å². The van der Waals surface area contributed by atoms with E-state index in [1.54, 1.807) is 0 Å². The third kappa shape index (κ3) is 3.02. The molecule has 0 saturated heterocycles. The first-order valence-electron chi connectivity index (χ1n) is 7.65. The molecule has 2 nitrogen and oxygen atoms in total. The minimum absolute atomic E-state index is 0.0796. The summed E-state index contributed by atoms with van der Waals surface area (Å²) in [7, 11) is 0. The first-order chi connectivity index (χ1) is 9.72. The standard InChI is InChI=1S/C18H23NO/c1-13(19-17-8-10-18(20)11-9-17)15-7-6-14-4-2-3-5-16(14)12-15/h2-7,12-13,17-20H,8-11H2,1H3. The molecule has 3 rings (SSSR count). The van der Waals surface area contributed by atoms with Crippen molar-refractivity contribution in [1.29, 1.82) is 0 Å². The fourth-order valence-corrected chi connectivity index (χ4v) is 3.17. The number of hydrogen-bond acceptors (Lipinski definition) is 2. The smallest absolute Gasteiger partial charge is 0.0541 e. The highest BCUT2D eigenvalue weighted by Crippen LogP contribution is 2.24. The van der Waals surface area contributed by atoms with Gasteiger partial charge in [-0.25, -0.2) is 0 Å². The average Bonchev–Trinajstić information content (AvgIpc) is 2.49. The number of aliphatic hydroxyl groups excluding tert-OH is 1. The maximum atomic E-state index is 9.57. The highest BCUT2D eigenvalue weighted by Gasteiger charge is 2.20. The summed E-state index contributed by atoms with van der Waals surface area (Å²) < 4.78 is 0. The van der Waals surface area contributed by atoms with Crippen LogP contribution in [0.25, 0.3) is 10.8 Å². The Balaban J connectivity index is 1.70. The molecule has 1 atom stereocenters. The SMILES string of the molecule is CC(NC1CCC(O)CC1)c1ccc2ccccc2c1. The number of nitrogens with one attached hydrogen (secondary N) is 1. The average molecular weight is 269 g/mol. The highest BCUT2D eigenvalue weighted by molar-refractivity contribution is 5.83. The number of fused-ring (bicyclic) bond motifs is 1. The molecule has 20 heavy (non-hydrogen) atoms. The molecule has 0 radical (unpaired) electrons. The van der Waals surface area contributed by atoms with Gasteiger partial charge in [-0.05, 0) is 55.0 Å². The largest absolute Gasteiger partial charge is 0.393 e. The third-order valence-corrected chi connectivity index (χ3v) is 4.46. The molecule has 2 aromatic carbocycles. The van der Waals surface area contributed by atoms with Gasteiger partial charge in [-0.15, -0.1) is 0 Å². The monoisotopic (exact) mass is 269 g/mol. The van der Waals surface area contributed by atoms with Gasteiger partial charge in [-0.2, -0.15) is 0 Å². The van der Waals surface area contributed by atoms with E-state index in [9.17, 15) is 5.11 Å². The van der Waals surface area contributed by atoms with Gasteiger partial charge in [-0.1, -0.05) is 36.4 Å². The fraction of sp³-hybridized carbons (Fsp3) is 0.444. The molecule has 1 fully saturated rings. The van der Waals surface area contributed by atoms with Crippen LogP contribution in [0.2, 0.25) is 0 Å². The Morgan fingerprint density at radius 3 is 2.45 bits per heavy atom. The molecule has 0 amide bonds. The summed E-state index contributed by atoms with van der Waals surface area (Å²) in [5.41, 5.74) is 1.34. The van der Waals surface area contributed by atoms with Crippen molar-refractivity contribution in [3.63, 3.8) is 0 Å². The van der Waals surface area contributed by atoms with Gasteiger partial charge in [0.05, 0.1) is 6.10 Å². The van der Waals surface area contributed by atoms with E-state index in [0.29, 0.717) is 12.1 Å². The molecule has 1 aliphatic rings. The topological polar surface area (TPSA) is 32.3 Å². The Bertz CT molecular complexity index is 572. The Hall–Kier alpha value is -1.38. The summed E-state index contributed by atoms with van der Waals surface area (Å²) in [6.45, 7) is 2.23. The van der Waals surface area contributed by atoms with Crippen LogP contribution in [0.4, 0.5) is 0 Å². The Morgan fingerprint density at radius 2 is 1.70 bits per heavy atom. The molecule has 2 heteroatoms. The zero-order chi connectivity index (χ0) is 13.9. The second-order valence-corrected chi connectivity index (χ2v) is 6.00. The summed E-state index contributed by atoms with van der Waals surface area (Å²) >= 11 is 0. The normalized spacial score (nSPS) is 24.7. The van der Waals surface area contributed by atoms with Crippen LogP contribution in [0.15, 0.2) is 42.5 Å². The Labute approximate surface area is 120 Å². The van der Waals surface area contributed by atoms with E-state index >= 15 is 0 Å². The molecule has 0 aliphatic heterocycles. The van der Waals surface area contributed by atoms with Gasteiger partial charge in [0.2, 0.25) is 0 Å². The van der Waals surface area contributed by atoms with E-state index in [1.807, 2.05) is 0 Å². The van der Waals surface area contributed by atoms with E-state index in [2.05, 4.69) is 54.7 Å². The molecule has 0 spiro atoms. The molecule has 0 aromatic heterocycles. The lowest BCUT2D eigenvalue weighted by Gasteiger charge is -2.29. The van der Waals surface area contributed by atoms with Crippen LogP contribution in [0, 0.1) is 0 Å². The molecule has 0 bridgehead atoms. The summed E-state index contributed by atoms with van der Waals surface area (Å²) in [5.74, 6) is 0. The Kier molecular flexibility index (Phi) is 4.04. The zero-order valence-electron chi connectivity index (χ0n) is 12.0. The van der Waals surface area contributed by atoms with Crippen molar-refractivity contribution in [1.82, 2.24) is 5.32 Å². The summed E-state index contributed by atoms with van der Waals surface area (Å²) in [4.78, 5) is 0. The molecule has 2 N–H and O–H groups in total. The molecule has 1 unspecified atom stereocenters. The van der Waals surface area contributed by atoms with Crippen LogP contribution in [0.1, 0.15) is 44.2 Å². The second kappa shape index (κ2) is 5.94. The van der Waals surface area contributed by atoms with Crippen molar-refractivity contribution in [2.45, 2.75) is 50.8 Å². The summed E-state index contributed by atoms with van der Waals surface area (Å²) in [5, 5.41) is 15.9. The minimum atomic E-state index is -0.0796. The lowest BCUT2D eigenvalue weighted by Crippen LogP contribution is -2.36. The molecule has 1 saturated carbocycles. The first-order valence-corrected chi connectivity index (χ1v) is 7.65. The number of rotatable bonds is 3. The van der Waals surface area contributed by atoms with Crippen LogP contribution >= 0.6 is 0 Å². The number of benzene rings is 2. The zero-order valence-corrected chi connectivity index (χ0v) is 12.0. The summed E-state index contributed by atoms with van der Waals surface area (Å²) in [6.07, 6.45) is 3.95. The van der Waals surface area contributed by atoms with Crippen molar-refractivity contribution in [3.05, 3.63) is 48.0 Å². The summed E-state index contributed by atoms with van der Waals surface area (Å²) in [6, 6.07) is 16.1. The van der Waals surface area contributed by atoms with Crippen LogP contribution in [0.5, 0.6) is 0 Å². The van der Waals surface area contributed by atoms with Gasteiger partial charge < -0.3 is 10.4 Å². The molecular formula is C18H23NO. The maximum absolute atomic E-state index is 9.57. The van der Waals surface area contributed by atoms with Gasteiger partial charge in [0.15, 0.2) is 0 Å². The molecular weight excluding hydrogens is 246 g/mol. The van der Waals surface area contributed by atoms with Crippen molar-refractivity contribution >= 4 is 10.8 Å². The fourth-order valence-electron chi connectivity index (χ4n) is 3.17. The van der Waals surface area contributed by atoms with E-state index in [4.69, 9.17) is 0 Å². The van der Waals surface area contributed by atoms with Crippen LogP contribution in [0.3, 0.4) is 0 Å². The lowest BCUT2D eigenvalue weighted by molar-refractivity contribution is 0.114. The third-order valence-electron chi connectivity index (χ3n) is 4.46. The van der Waals surface area contributed by atoms with E-state index in [-0.39, 0.29) is 6.10 Å². The van der Waals surface area contributed by atoms with Gasteiger partial charge >= 0.3 is 0 Å². The van der Waals surface area contributed by atoms with Crippen molar-refractivity contribution < 1.29 is 5.11 Å². The van der Waals surface area contributed by atoms with E-state index in [0.717, 1.165) is 25.7 Å². The minimum Gasteiger partial charge on any atom is -0.393 e. The number of hydrogen-bond donors (Lipinski definition) is 2. The van der Waals surface area contributed by atoms with Crippen molar-refractivity contribution in [3.8, 4) is 0 Å². The van der Waals surface area contributed by atoms with E-state index in [1.165, 1.54) is 16.3 Å². The first kappa shape index (κ1) is 13.6. The van der Waals surface area contributed by atoms with Gasteiger partial charge in [0, 0.05) is 12.1 Å². The van der Waals surface area contributed by atoms with Gasteiger partial charge in [0.1, 0.15) is 0 Å². The van der Waals surface area contributed by atoms with Gasteiger partial charge in [-0.3, -0.25) is 0 Å². The predicted molar refractivity (Wildman–Crippen MR) is 83.8 cm³/mol. The van der Waals surface area contributed by atoms with Crippen molar-refractivity contribution in [2.24, 2.45) is 0 Å². The van der Waals surface area contributed by atoms with Crippen LogP contribution in [-0.2, 0) is 0 Å². The molecule has 1 aliphatic carbocycles. The maximum Gasteiger partial charge on any atom is 0.0541 e. The molecule has 0 heterocycles. The highest BCUT2D eigenvalue weighted by atomic mass is 16.3. The Morgan fingerprint density at radius 1 is 1.00 bits per heavy atom.